The number of halogens is 1. The van der Waals surface area contributed by atoms with Gasteiger partial charge in [-0.25, -0.2) is 12.8 Å². The van der Waals surface area contributed by atoms with Gasteiger partial charge >= 0.3 is 5.97 Å². The highest BCUT2D eigenvalue weighted by atomic mass is 32.2. The SMILES string of the molecule is CS(=O)(=O)Nc1cc(NC(=O)CSCC(=O)O)ccc1F. The summed E-state index contributed by atoms with van der Waals surface area (Å²) in [7, 11) is -3.64. The average Bonchev–Trinajstić information content (AvgIpc) is 2.31. The second kappa shape index (κ2) is 7.27. The van der Waals surface area contributed by atoms with Crippen molar-refractivity contribution in [1.82, 2.24) is 0 Å². The molecule has 1 aromatic carbocycles. The molecule has 0 aliphatic rings. The van der Waals surface area contributed by atoms with E-state index in [4.69, 9.17) is 5.11 Å². The Bertz CT molecular complexity index is 648. The van der Waals surface area contributed by atoms with E-state index in [1.807, 2.05) is 4.72 Å². The molecule has 0 atom stereocenters. The Balaban J connectivity index is 2.69. The zero-order chi connectivity index (χ0) is 16.0. The highest BCUT2D eigenvalue weighted by Gasteiger charge is 2.10. The summed E-state index contributed by atoms with van der Waals surface area (Å²) in [5, 5.41) is 10.8. The first-order chi connectivity index (χ1) is 9.67. The Morgan fingerprint density at radius 1 is 1.33 bits per heavy atom. The van der Waals surface area contributed by atoms with Crippen LogP contribution in [0.15, 0.2) is 18.2 Å². The lowest BCUT2D eigenvalue weighted by atomic mass is 10.2. The number of rotatable bonds is 7. The third kappa shape index (κ3) is 6.95. The molecule has 1 rings (SSSR count). The van der Waals surface area contributed by atoms with Crippen molar-refractivity contribution in [1.29, 1.82) is 0 Å². The number of carbonyl (C=O) groups excluding carboxylic acids is 1. The zero-order valence-electron chi connectivity index (χ0n) is 10.9. The minimum absolute atomic E-state index is 0.0848. The molecule has 1 aromatic rings. The van der Waals surface area contributed by atoms with E-state index in [2.05, 4.69) is 5.32 Å². The molecule has 0 aliphatic carbocycles. The number of sulfonamides is 1. The maximum atomic E-state index is 13.4. The van der Waals surface area contributed by atoms with Crippen LogP contribution in [0.5, 0.6) is 0 Å². The molecule has 0 aromatic heterocycles. The monoisotopic (exact) mass is 336 g/mol. The van der Waals surface area contributed by atoms with E-state index in [1.165, 1.54) is 6.07 Å². The number of aliphatic carboxylic acids is 1. The van der Waals surface area contributed by atoms with Gasteiger partial charge in [-0.1, -0.05) is 0 Å². The molecule has 0 saturated carbocycles. The fourth-order valence-corrected chi connectivity index (χ4v) is 2.40. The van der Waals surface area contributed by atoms with Crippen LogP contribution in [0.3, 0.4) is 0 Å². The predicted molar refractivity (Wildman–Crippen MR) is 78.5 cm³/mol. The topological polar surface area (TPSA) is 113 Å². The maximum absolute atomic E-state index is 13.4. The van der Waals surface area contributed by atoms with Crippen LogP contribution in [0.25, 0.3) is 0 Å². The smallest absolute Gasteiger partial charge is 0.313 e. The molecule has 0 heterocycles. The van der Waals surface area contributed by atoms with Crippen LogP contribution < -0.4 is 10.0 Å². The number of nitrogens with one attached hydrogen (secondary N) is 2. The molecular formula is C11H13FN2O5S2. The summed E-state index contributed by atoms with van der Waals surface area (Å²) in [6.07, 6.45) is 0.875. The minimum Gasteiger partial charge on any atom is -0.481 e. The standard InChI is InChI=1S/C11H13FN2O5S2/c1-21(18,19)14-9-4-7(2-3-8(9)12)13-10(15)5-20-6-11(16)17/h2-4,14H,5-6H2,1H3,(H,13,15)(H,16,17). The van der Waals surface area contributed by atoms with Gasteiger partial charge in [0.15, 0.2) is 0 Å². The summed E-state index contributed by atoms with van der Waals surface area (Å²) in [5.74, 6) is -2.58. The molecule has 7 nitrogen and oxygen atoms in total. The van der Waals surface area contributed by atoms with Crippen LogP contribution in [0.2, 0.25) is 0 Å². The maximum Gasteiger partial charge on any atom is 0.313 e. The number of hydrogen-bond donors (Lipinski definition) is 3. The van der Waals surface area contributed by atoms with Gasteiger partial charge in [-0.3, -0.25) is 14.3 Å². The minimum atomic E-state index is -3.64. The van der Waals surface area contributed by atoms with Gasteiger partial charge in [0, 0.05) is 5.69 Å². The van der Waals surface area contributed by atoms with Gasteiger partial charge in [0.2, 0.25) is 15.9 Å². The third-order valence-corrected chi connectivity index (χ3v) is 3.51. The van der Waals surface area contributed by atoms with E-state index in [0.717, 1.165) is 30.2 Å². The largest absolute Gasteiger partial charge is 0.481 e. The first kappa shape index (κ1) is 17.2. The Kier molecular flexibility index (Phi) is 5.97. The van der Waals surface area contributed by atoms with Gasteiger partial charge in [0.25, 0.3) is 0 Å². The first-order valence-electron chi connectivity index (χ1n) is 5.54. The van der Waals surface area contributed by atoms with Crippen LogP contribution in [-0.2, 0) is 19.6 Å². The fraction of sp³-hybridized carbons (Fsp3) is 0.273. The molecule has 1 amide bonds. The summed E-state index contributed by atoms with van der Waals surface area (Å²) < 4.78 is 37.5. The quantitative estimate of drug-likeness (QED) is 0.683. The molecule has 21 heavy (non-hydrogen) atoms. The second-order valence-electron chi connectivity index (χ2n) is 4.00. The van der Waals surface area contributed by atoms with Gasteiger partial charge in [0.1, 0.15) is 5.82 Å². The summed E-state index contributed by atoms with van der Waals surface area (Å²) in [4.78, 5) is 21.8. The summed E-state index contributed by atoms with van der Waals surface area (Å²) >= 11 is 0.909. The number of anilines is 2. The number of carboxylic acids is 1. The lowest BCUT2D eigenvalue weighted by Gasteiger charge is -2.09. The molecule has 10 heteroatoms. The van der Waals surface area contributed by atoms with Crippen molar-refractivity contribution >= 4 is 45.0 Å². The number of amides is 1. The highest BCUT2D eigenvalue weighted by molar-refractivity contribution is 8.00. The van der Waals surface area contributed by atoms with Crippen molar-refractivity contribution in [2.24, 2.45) is 0 Å². The van der Waals surface area contributed by atoms with Crippen molar-refractivity contribution in [3.05, 3.63) is 24.0 Å². The van der Waals surface area contributed by atoms with Crippen molar-refractivity contribution in [3.63, 3.8) is 0 Å². The van der Waals surface area contributed by atoms with Gasteiger partial charge < -0.3 is 10.4 Å². The van der Waals surface area contributed by atoms with Gasteiger partial charge in [-0.05, 0) is 18.2 Å². The molecule has 0 radical (unpaired) electrons. The zero-order valence-corrected chi connectivity index (χ0v) is 12.6. The fourth-order valence-electron chi connectivity index (χ4n) is 1.31. The van der Waals surface area contributed by atoms with E-state index in [0.29, 0.717) is 0 Å². The average molecular weight is 336 g/mol. The summed E-state index contributed by atoms with van der Waals surface area (Å²) in [6.45, 7) is 0. The van der Waals surface area contributed by atoms with E-state index in [9.17, 15) is 22.4 Å². The molecule has 0 unspecified atom stereocenters. The lowest BCUT2D eigenvalue weighted by molar-refractivity contribution is -0.133. The van der Waals surface area contributed by atoms with Crippen LogP contribution in [0.1, 0.15) is 0 Å². The van der Waals surface area contributed by atoms with E-state index < -0.39 is 27.7 Å². The van der Waals surface area contributed by atoms with E-state index in [-0.39, 0.29) is 22.9 Å². The van der Waals surface area contributed by atoms with Crippen molar-refractivity contribution < 1.29 is 27.5 Å². The second-order valence-corrected chi connectivity index (χ2v) is 6.74. The number of benzene rings is 1. The molecule has 0 bridgehead atoms. The van der Waals surface area contributed by atoms with E-state index >= 15 is 0 Å². The van der Waals surface area contributed by atoms with Crippen LogP contribution in [-0.4, -0.2) is 43.2 Å². The Morgan fingerprint density at radius 3 is 2.57 bits per heavy atom. The molecule has 3 N–H and O–H groups in total. The summed E-state index contributed by atoms with van der Waals surface area (Å²) in [6, 6.07) is 3.41. The number of thioether (sulfide) groups is 1. The lowest BCUT2D eigenvalue weighted by Crippen LogP contribution is -2.16. The predicted octanol–water partition coefficient (Wildman–Crippen LogP) is 0.953. The molecule has 0 spiro atoms. The van der Waals surface area contributed by atoms with Gasteiger partial charge in [0.05, 0.1) is 23.4 Å². The Labute approximate surface area is 125 Å². The number of carboxylic acid groups (broad SMARTS) is 1. The summed E-state index contributed by atoms with van der Waals surface area (Å²) in [5.41, 5.74) is -0.0861. The number of hydrogen-bond acceptors (Lipinski definition) is 5. The normalized spacial score (nSPS) is 11.0. The van der Waals surface area contributed by atoms with Crippen LogP contribution >= 0.6 is 11.8 Å². The first-order valence-corrected chi connectivity index (χ1v) is 8.59. The third-order valence-electron chi connectivity index (χ3n) is 2.00. The Morgan fingerprint density at radius 2 is 2.00 bits per heavy atom. The highest BCUT2D eigenvalue weighted by Crippen LogP contribution is 2.20. The van der Waals surface area contributed by atoms with Crippen molar-refractivity contribution in [3.8, 4) is 0 Å². The van der Waals surface area contributed by atoms with E-state index in [1.54, 1.807) is 0 Å². The molecule has 0 saturated heterocycles. The number of carbonyl (C=O) groups is 2. The molecular weight excluding hydrogens is 323 g/mol. The molecule has 0 fully saturated rings. The van der Waals surface area contributed by atoms with Crippen molar-refractivity contribution in [2.45, 2.75) is 0 Å². The van der Waals surface area contributed by atoms with Gasteiger partial charge in [-0.15, -0.1) is 11.8 Å². The van der Waals surface area contributed by atoms with Gasteiger partial charge in [-0.2, -0.15) is 0 Å². The van der Waals surface area contributed by atoms with Crippen LogP contribution in [0.4, 0.5) is 15.8 Å². The molecule has 0 aliphatic heterocycles. The Hall–Kier alpha value is -1.81. The van der Waals surface area contributed by atoms with Crippen LogP contribution in [0, 0.1) is 5.82 Å². The van der Waals surface area contributed by atoms with Crippen molar-refractivity contribution in [2.75, 3.05) is 27.8 Å². The molecule has 116 valence electrons.